The summed E-state index contributed by atoms with van der Waals surface area (Å²) < 4.78 is 28.4. The van der Waals surface area contributed by atoms with Crippen LogP contribution in [0.15, 0.2) is 35.2 Å². The van der Waals surface area contributed by atoms with E-state index in [0.717, 1.165) is 0 Å². The molecule has 5 heteroatoms. The summed E-state index contributed by atoms with van der Waals surface area (Å²) in [6.07, 6.45) is 0. The van der Waals surface area contributed by atoms with Gasteiger partial charge in [-0.05, 0) is 12.1 Å². The summed E-state index contributed by atoms with van der Waals surface area (Å²) in [5.41, 5.74) is 5.22. The van der Waals surface area contributed by atoms with Crippen molar-refractivity contribution >= 4 is 9.84 Å². The van der Waals surface area contributed by atoms with Crippen LogP contribution in [0.1, 0.15) is 0 Å². The van der Waals surface area contributed by atoms with E-state index in [-0.39, 0.29) is 12.4 Å². The van der Waals surface area contributed by atoms with E-state index in [4.69, 9.17) is 10.5 Å². The molecule has 4 nitrogen and oxygen atoms in total. The predicted molar refractivity (Wildman–Crippen MR) is 58.4 cm³/mol. The second-order valence-electron chi connectivity index (χ2n) is 3.03. The molecule has 1 aromatic carbocycles. The number of hydrogen-bond donors (Lipinski definition) is 1. The van der Waals surface area contributed by atoms with Crippen LogP contribution in [0.3, 0.4) is 0 Å². The zero-order valence-corrected chi connectivity index (χ0v) is 9.24. The Bertz CT molecular complexity index is 375. The Morgan fingerprint density at radius 2 is 1.80 bits per heavy atom. The van der Waals surface area contributed by atoms with Crippen molar-refractivity contribution in [3.05, 3.63) is 30.3 Å². The SMILES string of the molecule is NCCOCCS(=O)(=O)c1ccccc1. The molecule has 0 amide bonds. The van der Waals surface area contributed by atoms with Gasteiger partial charge in [-0.3, -0.25) is 0 Å². The Kier molecular flexibility index (Phi) is 4.74. The van der Waals surface area contributed by atoms with Gasteiger partial charge in [0.1, 0.15) is 0 Å². The van der Waals surface area contributed by atoms with Gasteiger partial charge in [0.05, 0.1) is 23.9 Å². The highest BCUT2D eigenvalue weighted by Crippen LogP contribution is 2.09. The van der Waals surface area contributed by atoms with Gasteiger partial charge in [-0.2, -0.15) is 0 Å². The van der Waals surface area contributed by atoms with E-state index < -0.39 is 9.84 Å². The highest BCUT2D eigenvalue weighted by atomic mass is 32.2. The topological polar surface area (TPSA) is 69.4 Å². The van der Waals surface area contributed by atoms with E-state index in [1.165, 1.54) is 0 Å². The molecule has 0 heterocycles. The van der Waals surface area contributed by atoms with Crippen molar-refractivity contribution in [1.82, 2.24) is 0 Å². The van der Waals surface area contributed by atoms with Crippen molar-refractivity contribution in [1.29, 1.82) is 0 Å². The van der Waals surface area contributed by atoms with Gasteiger partial charge in [0.25, 0.3) is 0 Å². The Balaban J connectivity index is 2.53. The lowest BCUT2D eigenvalue weighted by Crippen LogP contribution is -2.15. The lowest BCUT2D eigenvalue weighted by molar-refractivity contribution is 0.157. The normalized spacial score (nSPS) is 11.5. The molecular formula is C10H15NO3S. The first kappa shape index (κ1) is 12.2. The fourth-order valence-corrected chi connectivity index (χ4v) is 2.24. The number of sulfone groups is 1. The molecule has 0 saturated carbocycles. The van der Waals surface area contributed by atoms with Crippen molar-refractivity contribution in [2.75, 3.05) is 25.5 Å². The molecule has 0 radical (unpaired) electrons. The molecule has 0 unspecified atom stereocenters. The van der Waals surface area contributed by atoms with Crippen molar-refractivity contribution in [2.24, 2.45) is 5.73 Å². The van der Waals surface area contributed by atoms with Gasteiger partial charge in [-0.25, -0.2) is 8.42 Å². The van der Waals surface area contributed by atoms with Crippen LogP contribution in [-0.4, -0.2) is 33.9 Å². The van der Waals surface area contributed by atoms with Crippen molar-refractivity contribution in [2.45, 2.75) is 4.90 Å². The summed E-state index contributed by atoms with van der Waals surface area (Å²) in [4.78, 5) is 0.335. The quantitative estimate of drug-likeness (QED) is 0.718. The molecule has 1 aromatic rings. The molecule has 0 spiro atoms. The maximum Gasteiger partial charge on any atom is 0.180 e. The van der Waals surface area contributed by atoms with Crippen LogP contribution in [0.2, 0.25) is 0 Å². The maximum atomic E-state index is 11.7. The summed E-state index contributed by atoms with van der Waals surface area (Å²) in [5.74, 6) is -0.00296. The van der Waals surface area contributed by atoms with Gasteiger partial charge >= 0.3 is 0 Å². The molecule has 1 rings (SSSR count). The molecule has 2 N–H and O–H groups in total. The van der Waals surface area contributed by atoms with Crippen LogP contribution >= 0.6 is 0 Å². The Labute approximate surface area is 90.0 Å². The fraction of sp³-hybridized carbons (Fsp3) is 0.400. The average Bonchev–Trinajstić information content (AvgIpc) is 2.26. The molecule has 84 valence electrons. The molecule has 0 aliphatic carbocycles. The van der Waals surface area contributed by atoms with Crippen LogP contribution in [0.25, 0.3) is 0 Å². The van der Waals surface area contributed by atoms with Gasteiger partial charge < -0.3 is 10.5 Å². The van der Waals surface area contributed by atoms with Gasteiger partial charge in [0, 0.05) is 6.54 Å². The van der Waals surface area contributed by atoms with Crippen molar-refractivity contribution < 1.29 is 13.2 Å². The first-order chi connectivity index (χ1) is 7.17. The smallest absolute Gasteiger partial charge is 0.180 e. The van der Waals surface area contributed by atoms with Crippen molar-refractivity contribution in [3.63, 3.8) is 0 Å². The van der Waals surface area contributed by atoms with Gasteiger partial charge in [-0.15, -0.1) is 0 Å². The summed E-state index contributed by atoms with van der Waals surface area (Å²) in [6.45, 7) is 0.990. The highest BCUT2D eigenvalue weighted by Gasteiger charge is 2.12. The van der Waals surface area contributed by atoms with Crippen LogP contribution in [0.5, 0.6) is 0 Å². The minimum Gasteiger partial charge on any atom is -0.379 e. The zero-order chi connectivity index (χ0) is 11.1. The summed E-state index contributed by atoms with van der Waals surface area (Å²) in [5, 5.41) is 0. The largest absolute Gasteiger partial charge is 0.379 e. The molecule has 0 bridgehead atoms. The Morgan fingerprint density at radius 1 is 1.13 bits per heavy atom. The van der Waals surface area contributed by atoms with E-state index in [1.54, 1.807) is 30.3 Å². The molecule has 0 saturated heterocycles. The van der Waals surface area contributed by atoms with Crippen LogP contribution in [-0.2, 0) is 14.6 Å². The third-order valence-corrected chi connectivity index (χ3v) is 3.56. The van der Waals surface area contributed by atoms with Crippen molar-refractivity contribution in [3.8, 4) is 0 Å². The highest BCUT2D eigenvalue weighted by molar-refractivity contribution is 7.91. The number of benzene rings is 1. The minimum absolute atomic E-state index is 0.00296. The fourth-order valence-electron chi connectivity index (χ4n) is 1.10. The molecule has 0 fully saturated rings. The standard InChI is InChI=1S/C10H15NO3S/c11-6-7-14-8-9-15(12,13)10-4-2-1-3-5-10/h1-5H,6-9,11H2. The number of nitrogens with two attached hydrogens (primary N) is 1. The summed E-state index contributed by atoms with van der Waals surface area (Å²) in [6, 6.07) is 8.35. The number of ether oxygens (including phenoxy) is 1. The maximum absolute atomic E-state index is 11.7. The van der Waals surface area contributed by atoms with Crippen LogP contribution in [0.4, 0.5) is 0 Å². The monoisotopic (exact) mass is 229 g/mol. The van der Waals surface area contributed by atoms with Gasteiger partial charge in [0.2, 0.25) is 0 Å². The van der Waals surface area contributed by atoms with Crippen LogP contribution in [0, 0.1) is 0 Å². The molecular weight excluding hydrogens is 214 g/mol. The molecule has 0 atom stereocenters. The lowest BCUT2D eigenvalue weighted by Gasteiger charge is -2.04. The lowest BCUT2D eigenvalue weighted by atomic mass is 10.4. The first-order valence-corrected chi connectivity index (χ1v) is 6.37. The van der Waals surface area contributed by atoms with Crippen LogP contribution < -0.4 is 5.73 Å². The average molecular weight is 229 g/mol. The molecule has 0 aliphatic rings. The number of hydrogen-bond acceptors (Lipinski definition) is 4. The van der Waals surface area contributed by atoms with E-state index in [2.05, 4.69) is 0 Å². The molecule has 0 aromatic heterocycles. The predicted octanol–water partition coefficient (Wildman–Crippen LogP) is 0.436. The van der Waals surface area contributed by atoms with E-state index in [0.29, 0.717) is 18.0 Å². The summed E-state index contributed by atoms with van der Waals surface area (Å²) >= 11 is 0. The summed E-state index contributed by atoms with van der Waals surface area (Å²) in [7, 11) is -3.21. The van der Waals surface area contributed by atoms with E-state index in [9.17, 15) is 8.42 Å². The zero-order valence-electron chi connectivity index (χ0n) is 8.43. The third-order valence-electron chi connectivity index (χ3n) is 1.86. The molecule has 15 heavy (non-hydrogen) atoms. The van der Waals surface area contributed by atoms with Gasteiger partial charge in [0.15, 0.2) is 9.84 Å². The Morgan fingerprint density at radius 3 is 2.40 bits per heavy atom. The second kappa shape index (κ2) is 5.85. The second-order valence-corrected chi connectivity index (χ2v) is 5.14. The first-order valence-electron chi connectivity index (χ1n) is 4.72. The number of rotatable bonds is 6. The minimum atomic E-state index is -3.21. The third kappa shape index (κ3) is 3.99. The molecule has 0 aliphatic heterocycles. The van der Waals surface area contributed by atoms with E-state index >= 15 is 0 Å². The Hall–Kier alpha value is -0.910. The van der Waals surface area contributed by atoms with E-state index in [1.807, 2.05) is 0 Å². The van der Waals surface area contributed by atoms with Gasteiger partial charge in [-0.1, -0.05) is 18.2 Å².